The second-order valence-electron chi connectivity index (χ2n) is 6.90. The Morgan fingerprint density at radius 2 is 1.85 bits per heavy atom. The van der Waals surface area contributed by atoms with Crippen LogP contribution < -0.4 is 15.5 Å². The molecule has 2 amide bonds. The number of hydrogen-bond donors (Lipinski definition) is 2. The number of carbonyl (C=O) groups excluding carboxylic acids is 3. The molecule has 33 heavy (non-hydrogen) atoms. The number of amides is 2. The number of aryl methyl sites for hydroxylation is 1. The van der Waals surface area contributed by atoms with Crippen LogP contribution in [0.15, 0.2) is 76.3 Å². The van der Waals surface area contributed by atoms with E-state index in [0.717, 1.165) is 10.0 Å². The summed E-state index contributed by atoms with van der Waals surface area (Å²) < 4.78 is 6.24. The smallest absolute Gasteiger partial charge is 0.343 e. The molecule has 2 N–H and O–H groups in total. The van der Waals surface area contributed by atoms with Crippen molar-refractivity contribution in [2.75, 3.05) is 6.54 Å². The molecule has 0 heterocycles. The number of ether oxygens (including phenoxy) is 1. The van der Waals surface area contributed by atoms with E-state index in [0.29, 0.717) is 11.1 Å². The van der Waals surface area contributed by atoms with Gasteiger partial charge in [-0.05, 0) is 49.4 Å². The molecular formula is C24H19BrClN3O4. The third-order valence-corrected chi connectivity index (χ3v) is 5.17. The third kappa shape index (κ3) is 7.00. The summed E-state index contributed by atoms with van der Waals surface area (Å²) in [7, 11) is 0. The van der Waals surface area contributed by atoms with E-state index >= 15 is 0 Å². The van der Waals surface area contributed by atoms with E-state index in [1.54, 1.807) is 60.7 Å². The molecular weight excluding hydrogens is 510 g/mol. The van der Waals surface area contributed by atoms with Crippen molar-refractivity contribution in [2.45, 2.75) is 6.92 Å². The summed E-state index contributed by atoms with van der Waals surface area (Å²) in [5.41, 5.74) is 4.41. The molecule has 7 nitrogen and oxygen atoms in total. The molecule has 0 atom stereocenters. The van der Waals surface area contributed by atoms with Crippen LogP contribution in [0.2, 0.25) is 5.02 Å². The van der Waals surface area contributed by atoms with E-state index in [-0.39, 0.29) is 22.9 Å². The number of halogens is 2. The minimum atomic E-state index is -0.542. The van der Waals surface area contributed by atoms with Gasteiger partial charge < -0.3 is 10.1 Å². The lowest BCUT2D eigenvalue weighted by Crippen LogP contribution is -2.35. The topological polar surface area (TPSA) is 96.9 Å². The normalized spacial score (nSPS) is 10.6. The van der Waals surface area contributed by atoms with Crippen molar-refractivity contribution in [3.8, 4) is 5.75 Å². The quantitative estimate of drug-likeness (QED) is 0.204. The van der Waals surface area contributed by atoms with Crippen LogP contribution in [0.5, 0.6) is 5.75 Å². The Kier molecular flexibility index (Phi) is 8.34. The zero-order chi connectivity index (χ0) is 23.8. The lowest BCUT2D eigenvalue weighted by atomic mass is 10.1. The largest absolute Gasteiger partial charge is 0.422 e. The Balaban J connectivity index is 1.60. The SMILES string of the molecule is Cc1cccc(C(=O)Oc2ccc(Br)cc2/C=N\NC(=O)CNC(=O)c2ccccc2Cl)c1. The molecule has 168 valence electrons. The van der Waals surface area contributed by atoms with Crippen molar-refractivity contribution in [2.24, 2.45) is 5.10 Å². The van der Waals surface area contributed by atoms with Crippen LogP contribution in [-0.4, -0.2) is 30.5 Å². The molecule has 0 aliphatic heterocycles. The van der Waals surface area contributed by atoms with Crippen LogP contribution in [0.1, 0.15) is 31.8 Å². The summed E-state index contributed by atoms with van der Waals surface area (Å²) in [6.45, 7) is 1.59. The fourth-order valence-corrected chi connectivity index (χ4v) is 3.36. The molecule has 0 saturated heterocycles. The van der Waals surface area contributed by atoms with Crippen LogP contribution in [0.25, 0.3) is 0 Å². The Bertz CT molecular complexity index is 1230. The Labute approximate surface area is 203 Å². The standard InChI is InChI=1S/C24H19BrClN3O4/c1-15-5-4-6-16(11-15)24(32)33-21-10-9-18(25)12-17(21)13-28-29-22(30)14-27-23(31)19-7-2-3-8-20(19)26/h2-13H,14H2,1H3,(H,27,31)(H,29,30)/b28-13-. The molecule has 0 unspecified atom stereocenters. The van der Waals surface area contributed by atoms with Gasteiger partial charge in [0.1, 0.15) is 5.75 Å². The summed E-state index contributed by atoms with van der Waals surface area (Å²) in [6.07, 6.45) is 1.34. The molecule has 0 saturated carbocycles. The maximum absolute atomic E-state index is 12.5. The average Bonchev–Trinajstić information content (AvgIpc) is 2.79. The Morgan fingerprint density at radius 1 is 1.06 bits per heavy atom. The summed E-state index contributed by atoms with van der Waals surface area (Å²) in [6, 6.07) is 18.6. The number of esters is 1. The third-order valence-electron chi connectivity index (χ3n) is 4.35. The second-order valence-corrected chi connectivity index (χ2v) is 8.22. The zero-order valence-corrected chi connectivity index (χ0v) is 19.8. The average molecular weight is 529 g/mol. The van der Waals surface area contributed by atoms with Crippen molar-refractivity contribution in [3.05, 3.63) is 98.5 Å². The lowest BCUT2D eigenvalue weighted by molar-refractivity contribution is -0.120. The number of hydrazone groups is 1. The molecule has 0 bridgehead atoms. The van der Waals surface area contributed by atoms with Gasteiger partial charge in [-0.15, -0.1) is 0 Å². The van der Waals surface area contributed by atoms with Crippen LogP contribution >= 0.6 is 27.5 Å². The molecule has 9 heteroatoms. The molecule has 0 spiro atoms. The van der Waals surface area contributed by atoms with E-state index < -0.39 is 17.8 Å². The molecule has 3 aromatic carbocycles. The fourth-order valence-electron chi connectivity index (χ4n) is 2.76. The van der Waals surface area contributed by atoms with Gasteiger partial charge in [0.05, 0.1) is 28.9 Å². The van der Waals surface area contributed by atoms with Gasteiger partial charge in [-0.2, -0.15) is 5.10 Å². The number of hydrogen-bond acceptors (Lipinski definition) is 5. The van der Waals surface area contributed by atoms with Crippen LogP contribution in [-0.2, 0) is 4.79 Å². The Morgan fingerprint density at radius 3 is 2.61 bits per heavy atom. The predicted molar refractivity (Wildman–Crippen MR) is 130 cm³/mol. The van der Waals surface area contributed by atoms with Gasteiger partial charge >= 0.3 is 5.97 Å². The number of nitrogens with one attached hydrogen (secondary N) is 2. The van der Waals surface area contributed by atoms with Gasteiger partial charge in [0.2, 0.25) is 0 Å². The highest BCUT2D eigenvalue weighted by molar-refractivity contribution is 9.10. The lowest BCUT2D eigenvalue weighted by Gasteiger charge is -2.09. The minimum Gasteiger partial charge on any atom is -0.422 e. The van der Waals surface area contributed by atoms with Crippen molar-refractivity contribution in [1.82, 2.24) is 10.7 Å². The van der Waals surface area contributed by atoms with Crippen molar-refractivity contribution in [1.29, 1.82) is 0 Å². The highest BCUT2D eigenvalue weighted by atomic mass is 79.9. The van der Waals surface area contributed by atoms with E-state index in [4.69, 9.17) is 16.3 Å². The first-order chi connectivity index (χ1) is 15.8. The summed E-state index contributed by atoms with van der Waals surface area (Å²) >= 11 is 9.33. The van der Waals surface area contributed by atoms with Gasteiger partial charge in [0.15, 0.2) is 0 Å². The number of carbonyl (C=O) groups is 3. The van der Waals surface area contributed by atoms with Gasteiger partial charge in [-0.25, -0.2) is 10.2 Å². The molecule has 0 fully saturated rings. The summed E-state index contributed by atoms with van der Waals surface area (Å²) in [5, 5.41) is 6.65. The van der Waals surface area contributed by atoms with Gasteiger partial charge in [-0.1, -0.05) is 57.4 Å². The summed E-state index contributed by atoms with van der Waals surface area (Å²) in [4.78, 5) is 36.6. The number of nitrogens with zero attached hydrogens (tertiary/aromatic N) is 1. The van der Waals surface area contributed by atoms with Crippen molar-refractivity contribution < 1.29 is 19.1 Å². The van der Waals surface area contributed by atoms with Gasteiger partial charge in [0, 0.05) is 10.0 Å². The predicted octanol–water partition coefficient (Wildman–Crippen LogP) is 4.51. The van der Waals surface area contributed by atoms with Gasteiger partial charge in [-0.3, -0.25) is 9.59 Å². The first kappa shape index (κ1) is 24.2. The van der Waals surface area contributed by atoms with Crippen LogP contribution in [0.4, 0.5) is 0 Å². The van der Waals surface area contributed by atoms with Crippen LogP contribution in [0.3, 0.4) is 0 Å². The number of benzene rings is 3. The monoisotopic (exact) mass is 527 g/mol. The molecule has 0 radical (unpaired) electrons. The van der Waals surface area contributed by atoms with Crippen LogP contribution in [0, 0.1) is 6.92 Å². The minimum absolute atomic E-state index is 0.268. The van der Waals surface area contributed by atoms with E-state index in [1.807, 2.05) is 13.0 Å². The Hall–Kier alpha value is -3.49. The van der Waals surface area contributed by atoms with Gasteiger partial charge in [0.25, 0.3) is 11.8 Å². The van der Waals surface area contributed by atoms with E-state index in [9.17, 15) is 14.4 Å². The molecule has 0 aliphatic rings. The molecule has 0 aliphatic carbocycles. The maximum Gasteiger partial charge on any atom is 0.343 e. The maximum atomic E-state index is 12.5. The van der Waals surface area contributed by atoms with E-state index in [1.165, 1.54) is 6.21 Å². The second kappa shape index (κ2) is 11.4. The first-order valence-electron chi connectivity index (χ1n) is 9.76. The molecule has 3 rings (SSSR count). The first-order valence-corrected chi connectivity index (χ1v) is 10.9. The fraction of sp³-hybridized carbons (Fsp3) is 0.0833. The highest BCUT2D eigenvalue weighted by Crippen LogP contribution is 2.23. The van der Waals surface area contributed by atoms with Crippen molar-refractivity contribution >= 4 is 51.5 Å². The summed E-state index contributed by atoms with van der Waals surface area (Å²) in [5.74, 6) is -1.26. The van der Waals surface area contributed by atoms with Crippen molar-refractivity contribution in [3.63, 3.8) is 0 Å². The molecule has 0 aromatic heterocycles. The van der Waals surface area contributed by atoms with E-state index in [2.05, 4.69) is 31.8 Å². The number of rotatable bonds is 7. The molecule has 3 aromatic rings. The zero-order valence-electron chi connectivity index (χ0n) is 17.5. The highest BCUT2D eigenvalue weighted by Gasteiger charge is 2.13.